The van der Waals surface area contributed by atoms with Crippen LogP contribution in [-0.4, -0.2) is 56.2 Å². The Bertz CT molecular complexity index is 1210. The van der Waals surface area contributed by atoms with Crippen molar-refractivity contribution in [2.75, 3.05) is 23.3 Å². The van der Waals surface area contributed by atoms with Gasteiger partial charge in [-0.15, -0.1) is 10.2 Å². The van der Waals surface area contributed by atoms with Gasteiger partial charge in [-0.05, 0) is 43.7 Å². The highest BCUT2D eigenvalue weighted by Gasteiger charge is 2.44. The fraction of sp³-hybridized carbons (Fsp3) is 0.600. The Morgan fingerprint density at radius 1 is 1.09 bits per heavy atom. The van der Waals surface area contributed by atoms with Gasteiger partial charge >= 0.3 is 18.4 Å². The first-order valence-electron chi connectivity index (χ1n) is 10.9. The number of halogens is 6. The quantitative estimate of drug-likeness (QED) is 0.519. The predicted molar refractivity (Wildman–Crippen MR) is 109 cm³/mol. The van der Waals surface area contributed by atoms with Crippen LogP contribution >= 0.6 is 0 Å². The van der Waals surface area contributed by atoms with E-state index in [0.717, 1.165) is 25.8 Å². The molecule has 1 saturated carbocycles. The minimum absolute atomic E-state index is 0.107. The molecule has 2 aliphatic rings. The molecule has 3 aromatic rings. The molecule has 0 aromatic carbocycles. The molecule has 0 amide bonds. The van der Waals surface area contributed by atoms with Gasteiger partial charge in [0.25, 0.3) is 0 Å². The first kappa shape index (κ1) is 23.5. The molecule has 1 aliphatic heterocycles. The summed E-state index contributed by atoms with van der Waals surface area (Å²) in [6.45, 7) is 3.64. The highest BCUT2D eigenvalue weighted by atomic mass is 19.4. The van der Waals surface area contributed by atoms with Crippen molar-refractivity contribution in [2.24, 2.45) is 11.8 Å². The summed E-state index contributed by atoms with van der Waals surface area (Å²) in [5.41, 5.74) is -1.63. The highest BCUT2D eigenvalue weighted by Crippen LogP contribution is 2.40. The fourth-order valence-corrected chi connectivity index (χ4v) is 4.74. The van der Waals surface area contributed by atoms with Gasteiger partial charge < -0.3 is 19.4 Å². The zero-order chi connectivity index (χ0) is 25.1. The van der Waals surface area contributed by atoms with Gasteiger partial charge in [-0.25, -0.2) is 4.52 Å². The molecule has 9 nitrogen and oxygen atoms in total. The Labute approximate surface area is 194 Å². The number of alkyl halides is 6. The van der Waals surface area contributed by atoms with Crippen LogP contribution in [0.3, 0.4) is 0 Å². The normalized spacial score (nSPS) is 23.7. The first-order valence-corrected chi connectivity index (χ1v) is 10.9. The molecule has 5 rings (SSSR count). The van der Waals surface area contributed by atoms with E-state index in [1.165, 1.54) is 0 Å². The second-order valence-corrected chi connectivity index (χ2v) is 8.83. The van der Waals surface area contributed by atoms with Crippen LogP contribution in [0.1, 0.15) is 31.4 Å². The van der Waals surface area contributed by atoms with Crippen LogP contribution in [-0.2, 0) is 6.18 Å². The largest absolute Gasteiger partial charge is 0.477 e. The zero-order valence-electron chi connectivity index (χ0n) is 18.6. The topological polar surface area (TPSA) is 93.6 Å². The molecular formula is C20H21F6N7O2. The molecule has 2 fully saturated rings. The van der Waals surface area contributed by atoms with Crippen LogP contribution in [0.2, 0.25) is 0 Å². The van der Waals surface area contributed by atoms with E-state index in [9.17, 15) is 26.3 Å². The molecule has 35 heavy (non-hydrogen) atoms. The lowest BCUT2D eigenvalue weighted by molar-refractivity contribution is -0.189. The maximum Gasteiger partial charge on any atom is 0.433 e. The highest BCUT2D eigenvalue weighted by molar-refractivity contribution is 5.57. The summed E-state index contributed by atoms with van der Waals surface area (Å²) in [7, 11) is 0. The van der Waals surface area contributed by atoms with Gasteiger partial charge in [0.1, 0.15) is 5.69 Å². The standard InChI is InChI=1S/C20H21F6N7O2/c1-9(19(21,22)23)34-13-5-6-14(20(24,25)26)33-16(13)28-17(31-33)27-15-11-3-4-12(15)8-32(7-11)18-30-29-10(2)35-18/h5-6,9,11-12,15H,3-4,7-8H2,1-2H3,(H,27,31)/t9?,11-,12+,15-. The van der Waals surface area contributed by atoms with Crippen LogP contribution < -0.4 is 15.0 Å². The van der Waals surface area contributed by atoms with Crippen LogP contribution in [0, 0.1) is 18.8 Å². The van der Waals surface area contributed by atoms with Crippen molar-refractivity contribution in [3.8, 4) is 5.75 Å². The van der Waals surface area contributed by atoms with E-state index < -0.39 is 35.5 Å². The molecule has 0 spiro atoms. The van der Waals surface area contributed by atoms with Gasteiger partial charge in [-0.2, -0.15) is 31.3 Å². The van der Waals surface area contributed by atoms with Crippen LogP contribution in [0.4, 0.5) is 38.3 Å². The lowest BCUT2D eigenvalue weighted by atomic mass is 9.92. The first-order chi connectivity index (χ1) is 16.4. The number of rotatable bonds is 5. The Balaban J connectivity index is 1.42. The molecule has 190 valence electrons. The molecule has 1 unspecified atom stereocenters. The number of hydrogen-bond acceptors (Lipinski definition) is 8. The lowest BCUT2D eigenvalue weighted by Crippen LogP contribution is -2.48. The van der Waals surface area contributed by atoms with E-state index in [-0.39, 0.29) is 23.8 Å². The van der Waals surface area contributed by atoms with Gasteiger partial charge in [0.2, 0.25) is 11.8 Å². The van der Waals surface area contributed by atoms with Crippen molar-refractivity contribution in [3.05, 3.63) is 23.7 Å². The second kappa shape index (κ2) is 8.16. The van der Waals surface area contributed by atoms with Crippen LogP contribution in [0.5, 0.6) is 5.75 Å². The number of nitrogens with zero attached hydrogens (tertiary/aromatic N) is 6. The fourth-order valence-electron chi connectivity index (χ4n) is 4.74. The molecule has 4 heterocycles. The molecule has 4 atom stereocenters. The summed E-state index contributed by atoms with van der Waals surface area (Å²) in [6.07, 6.45) is -10.0. The molecule has 0 radical (unpaired) electrons. The summed E-state index contributed by atoms with van der Waals surface area (Å²) < 4.78 is 90.5. The molecule has 1 N–H and O–H groups in total. The van der Waals surface area contributed by atoms with E-state index >= 15 is 0 Å². The van der Waals surface area contributed by atoms with Crippen molar-refractivity contribution in [1.82, 2.24) is 24.8 Å². The molecule has 2 bridgehead atoms. The molecule has 1 aliphatic carbocycles. The van der Waals surface area contributed by atoms with E-state index in [1.54, 1.807) is 6.92 Å². The summed E-state index contributed by atoms with van der Waals surface area (Å²) in [5, 5.41) is 14.9. The third kappa shape index (κ3) is 4.43. The SMILES string of the molecule is Cc1nnc(N2C[C@H]3CC[C@@H](C2)[C@@H]3Nc2nc3c(OC(C)C(F)(F)F)ccc(C(F)(F)F)n3n2)o1. The number of nitrogens with one attached hydrogen (secondary N) is 1. The minimum Gasteiger partial charge on any atom is -0.477 e. The van der Waals surface area contributed by atoms with Gasteiger partial charge in [-0.1, -0.05) is 5.10 Å². The number of fused-ring (bicyclic) bond motifs is 3. The van der Waals surface area contributed by atoms with Gasteiger partial charge in [-0.3, -0.25) is 0 Å². The van der Waals surface area contributed by atoms with Crippen molar-refractivity contribution >= 4 is 17.6 Å². The molecule has 3 aromatic heterocycles. The zero-order valence-corrected chi connectivity index (χ0v) is 18.6. The Morgan fingerprint density at radius 2 is 1.77 bits per heavy atom. The maximum atomic E-state index is 13.6. The van der Waals surface area contributed by atoms with E-state index in [0.29, 0.717) is 35.6 Å². The second-order valence-electron chi connectivity index (χ2n) is 8.83. The van der Waals surface area contributed by atoms with Gasteiger partial charge in [0.05, 0.1) is 0 Å². The van der Waals surface area contributed by atoms with E-state index in [2.05, 4.69) is 25.6 Å². The van der Waals surface area contributed by atoms with Crippen LogP contribution in [0.15, 0.2) is 16.5 Å². The number of aryl methyl sites for hydroxylation is 1. The van der Waals surface area contributed by atoms with E-state index in [4.69, 9.17) is 9.15 Å². The Morgan fingerprint density at radius 3 is 2.34 bits per heavy atom. The summed E-state index contributed by atoms with van der Waals surface area (Å²) >= 11 is 0. The van der Waals surface area contributed by atoms with Gasteiger partial charge in [0.15, 0.2) is 17.5 Å². The number of aromatic nitrogens is 5. The van der Waals surface area contributed by atoms with Crippen molar-refractivity contribution in [1.29, 1.82) is 0 Å². The number of ether oxygens (including phenoxy) is 1. The molecule has 1 saturated heterocycles. The minimum atomic E-state index is -4.80. The van der Waals surface area contributed by atoms with Crippen molar-refractivity contribution < 1.29 is 35.5 Å². The average Bonchev–Trinajstić information content (AvgIpc) is 3.43. The summed E-state index contributed by atoms with van der Waals surface area (Å²) in [5.74, 6) is 0.0919. The number of pyridine rings is 1. The van der Waals surface area contributed by atoms with Crippen LogP contribution in [0.25, 0.3) is 5.65 Å². The third-order valence-corrected chi connectivity index (χ3v) is 6.42. The van der Waals surface area contributed by atoms with Crippen molar-refractivity contribution in [2.45, 2.75) is 51.2 Å². The molecular weight excluding hydrogens is 484 g/mol. The number of anilines is 2. The number of hydrogen-bond donors (Lipinski definition) is 1. The maximum absolute atomic E-state index is 13.6. The predicted octanol–water partition coefficient (Wildman–Crippen LogP) is 4.10. The Kier molecular flexibility index (Phi) is 5.47. The number of piperidine rings is 1. The van der Waals surface area contributed by atoms with Gasteiger partial charge in [0, 0.05) is 26.1 Å². The monoisotopic (exact) mass is 505 g/mol. The third-order valence-electron chi connectivity index (χ3n) is 6.42. The summed E-state index contributed by atoms with van der Waals surface area (Å²) in [4.78, 5) is 6.06. The summed E-state index contributed by atoms with van der Waals surface area (Å²) in [6, 6.07) is 1.73. The Hall–Kier alpha value is -3.26. The van der Waals surface area contributed by atoms with Crippen molar-refractivity contribution in [3.63, 3.8) is 0 Å². The van der Waals surface area contributed by atoms with E-state index in [1.807, 2.05) is 4.90 Å². The smallest absolute Gasteiger partial charge is 0.433 e. The molecule has 15 heteroatoms. The lowest BCUT2D eigenvalue weighted by Gasteiger charge is -2.37. The average molecular weight is 505 g/mol.